The monoisotopic (exact) mass is 315 g/mol. The molecular weight excluding hydrogens is 290 g/mol. The second-order valence-electron chi connectivity index (χ2n) is 5.63. The molecule has 1 amide bonds. The average Bonchev–Trinajstić information content (AvgIpc) is 2.78. The molecule has 0 bridgehead atoms. The van der Waals surface area contributed by atoms with Gasteiger partial charge in [0.25, 0.3) is 0 Å². The highest BCUT2D eigenvalue weighted by Gasteiger charge is 2.14. The van der Waals surface area contributed by atoms with Gasteiger partial charge in [0.15, 0.2) is 0 Å². The molecule has 1 aromatic heterocycles. The van der Waals surface area contributed by atoms with E-state index in [0.29, 0.717) is 18.9 Å². The Bertz CT molecular complexity index is 423. The molecule has 0 aliphatic carbocycles. The van der Waals surface area contributed by atoms with Gasteiger partial charge in [0.2, 0.25) is 5.91 Å². The predicted octanol–water partition coefficient (Wildman–Crippen LogP) is 2.15. The number of rotatable bonds is 6. The van der Waals surface area contributed by atoms with Crippen molar-refractivity contribution in [2.24, 2.45) is 5.92 Å². The van der Waals surface area contributed by atoms with Crippen molar-refractivity contribution < 1.29 is 9.32 Å². The Morgan fingerprint density at radius 1 is 1.38 bits per heavy atom. The van der Waals surface area contributed by atoms with Gasteiger partial charge in [-0.25, -0.2) is 0 Å². The van der Waals surface area contributed by atoms with E-state index in [4.69, 9.17) is 4.52 Å². The number of aryl methyl sites for hydroxylation is 2. The maximum atomic E-state index is 11.8. The maximum Gasteiger partial charge on any atom is 0.220 e. The third-order valence-corrected chi connectivity index (χ3v) is 4.12. The zero-order valence-corrected chi connectivity index (χ0v) is 13.7. The highest BCUT2D eigenvalue weighted by atomic mass is 35.5. The summed E-state index contributed by atoms with van der Waals surface area (Å²) in [6.45, 7) is 6.70. The number of nitrogens with one attached hydrogen (secondary N) is 2. The van der Waals surface area contributed by atoms with Crippen LogP contribution in [-0.2, 0) is 11.2 Å². The van der Waals surface area contributed by atoms with Crippen LogP contribution in [0.2, 0.25) is 0 Å². The molecule has 6 heteroatoms. The van der Waals surface area contributed by atoms with Gasteiger partial charge < -0.3 is 15.2 Å². The zero-order valence-electron chi connectivity index (χ0n) is 12.9. The summed E-state index contributed by atoms with van der Waals surface area (Å²) in [4.78, 5) is 11.8. The van der Waals surface area contributed by atoms with E-state index in [1.54, 1.807) is 0 Å². The number of carbonyl (C=O) groups is 1. The standard InChI is InChI=1S/C15H25N3O2.ClH/c1-11-14(12(2)20-18-11)7-10-17-15(19)4-3-13-5-8-16-9-6-13;/h13,16H,3-10H2,1-2H3,(H,17,19);1H. The van der Waals surface area contributed by atoms with Crippen LogP contribution in [-0.4, -0.2) is 30.7 Å². The Labute approximate surface area is 132 Å². The molecule has 1 saturated heterocycles. The fraction of sp³-hybridized carbons (Fsp3) is 0.733. The second kappa shape index (κ2) is 9.05. The van der Waals surface area contributed by atoms with Crippen molar-refractivity contribution in [1.29, 1.82) is 0 Å². The Kier molecular flexibility index (Phi) is 7.75. The van der Waals surface area contributed by atoms with Crippen LogP contribution in [0, 0.1) is 19.8 Å². The fourth-order valence-electron chi connectivity index (χ4n) is 2.78. The lowest BCUT2D eigenvalue weighted by Gasteiger charge is -2.22. The number of aromatic nitrogens is 1. The normalized spacial score (nSPS) is 15.5. The Morgan fingerprint density at radius 2 is 2.10 bits per heavy atom. The van der Waals surface area contributed by atoms with Gasteiger partial charge in [-0.05, 0) is 58.5 Å². The first-order valence-electron chi connectivity index (χ1n) is 7.56. The number of amides is 1. The van der Waals surface area contributed by atoms with Gasteiger partial charge in [0, 0.05) is 18.5 Å². The van der Waals surface area contributed by atoms with E-state index in [1.165, 1.54) is 12.8 Å². The minimum absolute atomic E-state index is 0. The summed E-state index contributed by atoms with van der Waals surface area (Å²) in [6.07, 6.45) is 4.85. The Morgan fingerprint density at radius 3 is 2.71 bits per heavy atom. The number of halogens is 1. The third kappa shape index (κ3) is 5.67. The van der Waals surface area contributed by atoms with Crippen molar-refractivity contribution in [3.63, 3.8) is 0 Å². The van der Waals surface area contributed by atoms with Crippen molar-refractivity contribution in [2.45, 2.75) is 46.0 Å². The Balaban J connectivity index is 0.00000220. The van der Waals surface area contributed by atoms with E-state index >= 15 is 0 Å². The van der Waals surface area contributed by atoms with Crippen LogP contribution in [0.1, 0.15) is 42.7 Å². The van der Waals surface area contributed by atoms with Crippen LogP contribution >= 0.6 is 12.4 Å². The van der Waals surface area contributed by atoms with Gasteiger partial charge in [-0.1, -0.05) is 5.16 Å². The first-order valence-corrected chi connectivity index (χ1v) is 7.56. The SMILES string of the molecule is Cc1noc(C)c1CCNC(=O)CCC1CCNCC1.Cl. The smallest absolute Gasteiger partial charge is 0.220 e. The molecular formula is C15H26ClN3O2. The summed E-state index contributed by atoms with van der Waals surface area (Å²) in [5.74, 6) is 1.73. The molecule has 120 valence electrons. The number of carbonyl (C=O) groups excluding carboxylic acids is 1. The summed E-state index contributed by atoms with van der Waals surface area (Å²) >= 11 is 0. The zero-order chi connectivity index (χ0) is 14.4. The summed E-state index contributed by atoms with van der Waals surface area (Å²) in [5, 5.41) is 10.3. The van der Waals surface area contributed by atoms with Gasteiger partial charge in [-0.15, -0.1) is 12.4 Å². The van der Waals surface area contributed by atoms with Crippen LogP contribution in [0.5, 0.6) is 0 Å². The Hall–Kier alpha value is -1.07. The largest absolute Gasteiger partial charge is 0.361 e. The number of nitrogens with zero attached hydrogens (tertiary/aromatic N) is 1. The lowest BCUT2D eigenvalue weighted by Crippen LogP contribution is -2.30. The molecule has 21 heavy (non-hydrogen) atoms. The predicted molar refractivity (Wildman–Crippen MR) is 84.8 cm³/mol. The lowest BCUT2D eigenvalue weighted by molar-refractivity contribution is -0.121. The first kappa shape index (κ1) is 18.0. The highest BCUT2D eigenvalue weighted by molar-refractivity contribution is 5.85. The molecule has 0 spiro atoms. The molecule has 1 fully saturated rings. The van der Waals surface area contributed by atoms with Crippen LogP contribution in [0.25, 0.3) is 0 Å². The van der Waals surface area contributed by atoms with E-state index in [-0.39, 0.29) is 18.3 Å². The summed E-state index contributed by atoms with van der Waals surface area (Å²) in [6, 6.07) is 0. The van der Waals surface area contributed by atoms with Gasteiger partial charge in [0.1, 0.15) is 5.76 Å². The summed E-state index contributed by atoms with van der Waals surface area (Å²) < 4.78 is 5.11. The molecule has 2 N–H and O–H groups in total. The van der Waals surface area contributed by atoms with Gasteiger partial charge in [-0.3, -0.25) is 4.79 Å². The van der Waals surface area contributed by atoms with E-state index in [2.05, 4.69) is 15.8 Å². The lowest BCUT2D eigenvalue weighted by atomic mass is 9.93. The molecule has 0 unspecified atom stereocenters. The van der Waals surface area contributed by atoms with Gasteiger partial charge >= 0.3 is 0 Å². The molecule has 2 rings (SSSR count). The highest BCUT2D eigenvalue weighted by Crippen LogP contribution is 2.17. The van der Waals surface area contributed by atoms with Crippen LogP contribution in [0.4, 0.5) is 0 Å². The topological polar surface area (TPSA) is 67.2 Å². The number of hydrogen-bond acceptors (Lipinski definition) is 4. The molecule has 0 radical (unpaired) electrons. The van der Waals surface area contributed by atoms with Gasteiger partial charge in [-0.2, -0.15) is 0 Å². The van der Waals surface area contributed by atoms with Crippen molar-refractivity contribution in [2.75, 3.05) is 19.6 Å². The summed E-state index contributed by atoms with van der Waals surface area (Å²) in [5.41, 5.74) is 2.04. The van der Waals surface area contributed by atoms with E-state index < -0.39 is 0 Å². The van der Waals surface area contributed by atoms with Crippen molar-refractivity contribution in [3.05, 3.63) is 17.0 Å². The molecule has 1 aromatic rings. The molecule has 0 aromatic carbocycles. The minimum Gasteiger partial charge on any atom is -0.361 e. The number of piperidine rings is 1. The van der Waals surface area contributed by atoms with Crippen LogP contribution in [0.3, 0.4) is 0 Å². The van der Waals surface area contributed by atoms with Crippen molar-refractivity contribution >= 4 is 18.3 Å². The van der Waals surface area contributed by atoms with Crippen molar-refractivity contribution in [3.8, 4) is 0 Å². The van der Waals surface area contributed by atoms with Crippen LogP contribution < -0.4 is 10.6 Å². The van der Waals surface area contributed by atoms with Crippen molar-refractivity contribution in [1.82, 2.24) is 15.8 Å². The maximum absolute atomic E-state index is 11.8. The number of hydrogen-bond donors (Lipinski definition) is 2. The fourth-order valence-corrected chi connectivity index (χ4v) is 2.78. The minimum atomic E-state index is 0. The van der Waals surface area contributed by atoms with E-state index in [9.17, 15) is 4.79 Å². The first-order chi connectivity index (χ1) is 9.66. The van der Waals surface area contributed by atoms with E-state index in [1.807, 2.05) is 13.8 Å². The molecule has 5 nitrogen and oxygen atoms in total. The summed E-state index contributed by atoms with van der Waals surface area (Å²) in [7, 11) is 0. The molecule has 1 aliphatic heterocycles. The molecule has 0 saturated carbocycles. The second-order valence-corrected chi connectivity index (χ2v) is 5.63. The third-order valence-electron chi connectivity index (χ3n) is 4.12. The van der Waals surface area contributed by atoms with E-state index in [0.717, 1.165) is 42.9 Å². The van der Waals surface area contributed by atoms with Gasteiger partial charge in [0.05, 0.1) is 5.69 Å². The van der Waals surface area contributed by atoms with Crippen LogP contribution in [0.15, 0.2) is 4.52 Å². The average molecular weight is 316 g/mol. The quantitative estimate of drug-likeness (QED) is 0.844. The molecule has 0 atom stereocenters. The molecule has 2 heterocycles. The molecule has 1 aliphatic rings.